The second-order valence-electron chi connectivity index (χ2n) is 6.31. The zero-order valence-electron chi connectivity index (χ0n) is 14.6. The molecule has 2 aromatic heterocycles. The van der Waals surface area contributed by atoms with Gasteiger partial charge in [-0.15, -0.1) is 10.2 Å². The number of hydrazine groups is 1. The number of pyridine rings is 1. The van der Waals surface area contributed by atoms with Gasteiger partial charge in [0.1, 0.15) is 0 Å². The Morgan fingerprint density at radius 3 is 2.82 bits per heavy atom. The molecule has 0 saturated carbocycles. The Kier molecular flexibility index (Phi) is 4.78. The van der Waals surface area contributed by atoms with Gasteiger partial charge < -0.3 is 4.42 Å². The molecule has 10 heteroatoms. The van der Waals surface area contributed by atoms with E-state index in [2.05, 4.69) is 15.2 Å². The lowest BCUT2D eigenvalue weighted by Gasteiger charge is -2.27. The number of halogens is 3. The Hall–Kier alpha value is -2.91. The fourth-order valence-electron chi connectivity index (χ4n) is 3.03. The third-order valence-corrected chi connectivity index (χ3v) is 4.56. The van der Waals surface area contributed by atoms with Crippen molar-refractivity contribution in [2.45, 2.75) is 19.5 Å². The first kappa shape index (κ1) is 18.5. The quantitative estimate of drug-likeness (QED) is 0.644. The molecule has 0 atom stereocenters. The third kappa shape index (κ3) is 3.46. The number of amides is 1. The molecule has 144 valence electrons. The number of nitrogens with zero attached hydrogens (tertiary/aromatic N) is 5. The van der Waals surface area contributed by atoms with Crippen molar-refractivity contribution in [3.63, 3.8) is 0 Å². The van der Waals surface area contributed by atoms with Crippen LogP contribution in [0.15, 0.2) is 41.1 Å². The molecule has 0 N–H and O–H groups in total. The molecule has 0 aliphatic carbocycles. The van der Waals surface area contributed by atoms with Crippen LogP contribution in [0.1, 0.15) is 33.8 Å². The lowest BCUT2D eigenvalue weighted by atomic mass is 10.1. The minimum absolute atomic E-state index is 0.0530. The van der Waals surface area contributed by atoms with E-state index in [9.17, 15) is 13.6 Å². The average Bonchev–Trinajstić information content (AvgIpc) is 3.27. The molecule has 1 aliphatic rings. The van der Waals surface area contributed by atoms with Crippen LogP contribution < -0.4 is 0 Å². The molecule has 3 aromatic rings. The SMILES string of the molecule is CN(Cc1cncc(Cl)c1)N1Cc2ccc(-c3nnc(C(F)F)o3)cc2C1=O. The summed E-state index contributed by atoms with van der Waals surface area (Å²) in [6.45, 7) is 0.840. The Morgan fingerprint density at radius 1 is 1.29 bits per heavy atom. The summed E-state index contributed by atoms with van der Waals surface area (Å²) in [5, 5.41) is 10.8. The van der Waals surface area contributed by atoms with Crippen molar-refractivity contribution in [1.29, 1.82) is 0 Å². The van der Waals surface area contributed by atoms with Crippen LogP contribution >= 0.6 is 11.6 Å². The standard InChI is InChI=1S/C18H14ClF2N5O2/c1-25(8-10-4-13(19)7-22-6-10)26-9-12-3-2-11(5-14(12)18(26)27)16-23-24-17(28-16)15(20)21/h2-7,15H,8-9H2,1H3. The van der Waals surface area contributed by atoms with Gasteiger partial charge >= 0.3 is 6.43 Å². The highest BCUT2D eigenvalue weighted by Gasteiger charge is 2.31. The Balaban J connectivity index is 1.54. The van der Waals surface area contributed by atoms with Crippen molar-refractivity contribution >= 4 is 17.5 Å². The Bertz CT molecular complexity index is 1040. The number of hydrogen-bond acceptors (Lipinski definition) is 6. The van der Waals surface area contributed by atoms with Crippen LogP contribution in [0, 0.1) is 0 Å². The largest absolute Gasteiger partial charge is 0.415 e. The van der Waals surface area contributed by atoms with Gasteiger partial charge in [-0.1, -0.05) is 17.7 Å². The lowest BCUT2D eigenvalue weighted by molar-refractivity contribution is 0.00268. The van der Waals surface area contributed by atoms with Crippen molar-refractivity contribution in [2.24, 2.45) is 0 Å². The number of benzene rings is 1. The summed E-state index contributed by atoms with van der Waals surface area (Å²) in [5.74, 6) is -1.01. The highest BCUT2D eigenvalue weighted by atomic mass is 35.5. The van der Waals surface area contributed by atoms with Gasteiger partial charge in [0.05, 0.1) is 11.6 Å². The zero-order chi connectivity index (χ0) is 19.8. The number of carbonyl (C=O) groups is 1. The molecule has 0 fully saturated rings. The monoisotopic (exact) mass is 405 g/mol. The molecule has 0 spiro atoms. The summed E-state index contributed by atoms with van der Waals surface area (Å²) in [7, 11) is 1.79. The summed E-state index contributed by atoms with van der Waals surface area (Å²) < 4.78 is 30.3. The molecule has 1 amide bonds. The highest BCUT2D eigenvalue weighted by molar-refractivity contribution is 6.30. The van der Waals surface area contributed by atoms with E-state index in [4.69, 9.17) is 16.0 Å². The maximum absolute atomic E-state index is 12.8. The van der Waals surface area contributed by atoms with Crippen LogP contribution in [0.25, 0.3) is 11.5 Å². The fraction of sp³-hybridized carbons (Fsp3) is 0.222. The first-order valence-corrected chi connectivity index (χ1v) is 8.67. The van der Waals surface area contributed by atoms with Crippen molar-refractivity contribution in [3.8, 4) is 11.5 Å². The predicted octanol–water partition coefficient (Wildman–Crippen LogP) is 3.73. The zero-order valence-corrected chi connectivity index (χ0v) is 15.4. The van der Waals surface area contributed by atoms with Gasteiger partial charge in [0.2, 0.25) is 5.89 Å². The molecule has 0 unspecified atom stereocenters. The first-order valence-electron chi connectivity index (χ1n) is 8.29. The van der Waals surface area contributed by atoms with Gasteiger partial charge in [-0.3, -0.25) is 14.8 Å². The molecule has 7 nitrogen and oxygen atoms in total. The smallest absolute Gasteiger partial charge is 0.314 e. The van der Waals surface area contributed by atoms with E-state index in [0.29, 0.717) is 29.2 Å². The van der Waals surface area contributed by atoms with Crippen LogP contribution in [0.2, 0.25) is 5.02 Å². The fourth-order valence-corrected chi connectivity index (χ4v) is 3.22. The second kappa shape index (κ2) is 7.25. The van der Waals surface area contributed by atoms with Gasteiger partial charge in [0, 0.05) is 37.1 Å². The molecule has 0 saturated heterocycles. The summed E-state index contributed by atoms with van der Waals surface area (Å²) in [6, 6.07) is 6.78. The van der Waals surface area contributed by atoms with Gasteiger partial charge in [0.25, 0.3) is 11.8 Å². The van der Waals surface area contributed by atoms with Gasteiger partial charge in [-0.25, -0.2) is 5.01 Å². The molecule has 1 aliphatic heterocycles. The number of alkyl halides is 2. The molecule has 3 heterocycles. The molecule has 28 heavy (non-hydrogen) atoms. The van der Waals surface area contributed by atoms with Crippen LogP contribution in [-0.2, 0) is 13.1 Å². The topological polar surface area (TPSA) is 75.4 Å². The van der Waals surface area contributed by atoms with E-state index in [-0.39, 0.29) is 11.8 Å². The van der Waals surface area contributed by atoms with Crippen LogP contribution in [0.5, 0.6) is 0 Å². The number of fused-ring (bicyclic) bond motifs is 1. The number of aromatic nitrogens is 3. The maximum Gasteiger partial charge on any atom is 0.314 e. The van der Waals surface area contributed by atoms with Crippen molar-refractivity contribution < 1.29 is 18.0 Å². The minimum Gasteiger partial charge on any atom is -0.415 e. The van der Waals surface area contributed by atoms with E-state index < -0.39 is 12.3 Å². The Labute approximate surface area is 163 Å². The summed E-state index contributed by atoms with van der Waals surface area (Å²) in [6.07, 6.45) is 0.382. The number of carbonyl (C=O) groups excluding carboxylic acids is 1. The van der Waals surface area contributed by atoms with E-state index in [1.807, 2.05) is 0 Å². The van der Waals surface area contributed by atoms with Crippen molar-refractivity contribution in [2.75, 3.05) is 7.05 Å². The number of rotatable bonds is 5. The van der Waals surface area contributed by atoms with E-state index in [0.717, 1.165) is 11.1 Å². The second-order valence-corrected chi connectivity index (χ2v) is 6.74. The summed E-state index contributed by atoms with van der Waals surface area (Å²) in [4.78, 5) is 16.9. The third-order valence-electron chi connectivity index (χ3n) is 4.35. The van der Waals surface area contributed by atoms with Crippen molar-refractivity contribution in [1.82, 2.24) is 25.2 Å². The van der Waals surface area contributed by atoms with E-state index in [1.54, 1.807) is 53.7 Å². The van der Waals surface area contributed by atoms with E-state index in [1.165, 1.54) is 0 Å². The average molecular weight is 406 g/mol. The molecule has 4 rings (SSSR count). The van der Waals surface area contributed by atoms with Crippen LogP contribution in [0.4, 0.5) is 8.78 Å². The molecule has 0 bridgehead atoms. The molecular formula is C18H14ClF2N5O2. The lowest BCUT2D eigenvalue weighted by Crippen LogP contribution is -2.39. The summed E-state index contributed by atoms with van der Waals surface area (Å²) in [5.41, 5.74) is 2.56. The Morgan fingerprint density at radius 2 is 2.11 bits per heavy atom. The molecule has 1 aromatic carbocycles. The van der Waals surface area contributed by atoms with E-state index >= 15 is 0 Å². The van der Waals surface area contributed by atoms with Crippen LogP contribution in [0.3, 0.4) is 0 Å². The van der Waals surface area contributed by atoms with Crippen LogP contribution in [-0.4, -0.2) is 38.2 Å². The minimum atomic E-state index is -2.84. The summed E-state index contributed by atoms with van der Waals surface area (Å²) >= 11 is 5.96. The normalized spacial score (nSPS) is 13.6. The van der Waals surface area contributed by atoms with Gasteiger partial charge in [-0.05, 0) is 29.3 Å². The number of hydrogen-bond donors (Lipinski definition) is 0. The van der Waals surface area contributed by atoms with Crippen molar-refractivity contribution in [3.05, 3.63) is 64.3 Å². The van der Waals surface area contributed by atoms with Gasteiger partial charge in [-0.2, -0.15) is 8.78 Å². The maximum atomic E-state index is 12.8. The molecular weight excluding hydrogens is 392 g/mol. The highest BCUT2D eigenvalue weighted by Crippen LogP contribution is 2.30. The predicted molar refractivity (Wildman–Crippen MR) is 95.3 cm³/mol. The van der Waals surface area contributed by atoms with Gasteiger partial charge in [0.15, 0.2) is 0 Å². The first-order chi connectivity index (χ1) is 13.4. The molecule has 0 radical (unpaired) electrons.